The van der Waals surface area contributed by atoms with Crippen molar-refractivity contribution in [1.29, 1.82) is 0 Å². The number of pyridine rings is 1. The summed E-state index contributed by atoms with van der Waals surface area (Å²) < 4.78 is 0. The lowest BCUT2D eigenvalue weighted by Crippen LogP contribution is -2.30. The van der Waals surface area contributed by atoms with Crippen molar-refractivity contribution >= 4 is 11.3 Å². The van der Waals surface area contributed by atoms with E-state index < -0.39 is 0 Å². The second-order valence-corrected chi connectivity index (χ2v) is 5.25. The van der Waals surface area contributed by atoms with Crippen molar-refractivity contribution in [3.05, 3.63) is 46.2 Å². The van der Waals surface area contributed by atoms with Gasteiger partial charge < -0.3 is 5.73 Å². The van der Waals surface area contributed by atoms with E-state index in [1.54, 1.807) is 11.3 Å². The Labute approximate surface area is 111 Å². The first-order valence-corrected chi connectivity index (χ1v) is 6.79. The Balaban J connectivity index is 2.11. The molecule has 2 aromatic rings. The first kappa shape index (κ1) is 13.1. The summed E-state index contributed by atoms with van der Waals surface area (Å²) in [7, 11) is 2.09. The third-order valence-electron chi connectivity index (χ3n) is 3.08. The Kier molecular flexibility index (Phi) is 4.41. The Hall–Kier alpha value is -1.30. The molecule has 0 aliphatic carbocycles. The second-order valence-electron chi connectivity index (χ2n) is 4.31. The molecule has 4 nitrogen and oxygen atoms in total. The predicted octanol–water partition coefficient (Wildman–Crippen LogP) is 1.98. The van der Waals surface area contributed by atoms with Crippen LogP contribution in [0.4, 0.5) is 0 Å². The lowest BCUT2D eigenvalue weighted by atomic mass is 10.1. The summed E-state index contributed by atoms with van der Waals surface area (Å²) in [5.74, 6) is 0. The molecule has 18 heavy (non-hydrogen) atoms. The number of hydrogen-bond acceptors (Lipinski definition) is 5. The molecule has 2 N–H and O–H groups in total. The molecule has 2 aromatic heterocycles. The Morgan fingerprint density at radius 1 is 1.39 bits per heavy atom. The summed E-state index contributed by atoms with van der Waals surface area (Å²) in [5, 5.41) is 0. The zero-order valence-electron chi connectivity index (χ0n) is 10.7. The van der Waals surface area contributed by atoms with Crippen LogP contribution in [-0.2, 0) is 6.54 Å². The molecular formula is C13H18N4S. The predicted molar refractivity (Wildman–Crippen MR) is 74.4 cm³/mol. The van der Waals surface area contributed by atoms with Gasteiger partial charge in [0.1, 0.15) is 0 Å². The van der Waals surface area contributed by atoms with Crippen LogP contribution < -0.4 is 5.73 Å². The van der Waals surface area contributed by atoms with Crippen molar-refractivity contribution in [2.24, 2.45) is 5.73 Å². The Morgan fingerprint density at radius 3 is 2.67 bits per heavy atom. The highest BCUT2D eigenvalue weighted by Crippen LogP contribution is 2.22. The van der Waals surface area contributed by atoms with Gasteiger partial charge in [-0.1, -0.05) is 0 Å². The highest BCUT2D eigenvalue weighted by molar-refractivity contribution is 7.09. The molecule has 2 rings (SSSR count). The fourth-order valence-corrected chi connectivity index (χ4v) is 2.81. The molecule has 0 aliphatic rings. The standard InChI is InChI=1S/C13H18N4S/c1-10-13(18-9-16-10)8-17(2)12(7-14)11-3-5-15-6-4-11/h3-6,9,12H,7-8,14H2,1-2H3. The second kappa shape index (κ2) is 6.04. The Bertz CT molecular complexity index is 483. The molecule has 0 fully saturated rings. The minimum atomic E-state index is 0.217. The van der Waals surface area contributed by atoms with Gasteiger partial charge in [0.05, 0.1) is 11.2 Å². The molecule has 0 amide bonds. The number of hydrogen-bond donors (Lipinski definition) is 1. The number of thiazole rings is 1. The van der Waals surface area contributed by atoms with Crippen molar-refractivity contribution in [2.75, 3.05) is 13.6 Å². The minimum Gasteiger partial charge on any atom is -0.329 e. The number of nitrogens with two attached hydrogens (primary N) is 1. The van der Waals surface area contributed by atoms with Crippen LogP contribution in [0.15, 0.2) is 30.0 Å². The molecule has 0 spiro atoms. The van der Waals surface area contributed by atoms with Crippen LogP contribution in [0.2, 0.25) is 0 Å². The maximum atomic E-state index is 5.90. The van der Waals surface area contributed by atoms with Crippen LogP contribution in [0, 0.1) is 6.92 Å². The van der Waals surface area contributed by atoms with Crippen molar-refractivity contribution < 1.29 is 0 Å². The van der Waals surface area contributed by atoms with Crippen LogP contribution in [0.3, 0.4) is 0 Å². The zero-order chi connectivity index (χ0) is 13.0. The van der Waals surface area contributed by atoms with Gasteiger partial charge in [-0.25, -0.2) is 4.98 Å². The van der Waals surface area contributed by atoms with Gasteiger partial charge in [0.25, 0.3) is 0 Å². The highest BCUT2D eigenvalue weighted by atomic mass is 32.1. The van der Waals surface area contributed by atoms with Gasteiger partial charge in [0.2, 0.25) is 0 Å². The lowest BCUT2D eigenvalue weighted by Gasteiger charge is -2.26. The fraction of sp³-hybridized carbons (Fsp3) is 0.385. The van der Waals surface area contributed by atoms with Crippen molar-refractivity contribution in [2.45, 2.75) is 19.5 Å². The molecule has 5 heteroatoms. The minimum absolute atomic E-state index is 0.217. The highest BCUT2D eigenvalue weighted by Gasteiger charge is 2.16. The molecule has 1 atom stereocenters. The van der Waals surface area contributed by atoms with E-state index in [9.17, 15) is 0 Å². The SMILES string of the molecule is Cc1ncsc1CN(C)C(CN)c1ccncc1. The third kappa shape index (κ3) is 2.93. The van der Waals surface area contributed by atoms with Gasteiger partial charge in [0.15, 0.2) is 0 Å². The maximum Gasteiger partial charge on any atom is 0.0798 e. The lowest BCUT2D eigenvalue weighted by molar-refractivity contribution is 0.243. The van der Waals surface area contributed by atoms with Gasteiger partial charge in [-0.2, -0.15) is 0 Å². The summed E-state index contributed by atoms with van der Waals surface area (Å²) in [6.45, 7) is 3.52. The largest absolute Gasteiger partial charge is 0.329 e. The van der Waals surface area contributed by atoms with Gasteiger partial charge in [-0.3, -0.25) is 9.88 Å². The normalized spacial score (nSPS) is 12.9. The van der Waals surface area contributed by atoms with Crippen LogP contribution >= 0.6 is 11.3 Å². The number of aryl methyl sites for hydroxylation is 1. The summed E-state index contributed by atoms with van der Waals surface area (Å²) in [5.41, 5.74) is 10.1. The number of nitrogens with zero attached hydrogens (tertiary/aromatic N) is 3. The van der Waals surface area contributed by atoms with Crippen molar-refractivity contribution in [3.8, 4) is 0 Å². The van der Waals surface area contributed by atoms with E-state index in [0.29, 0.717) is 6.54 Å². The zero-order valence-corrected chi connectivity index (χ0v) is 11.5. The summed E-state index contributed by atoms with van der Waals surface area (Å²) >= 11 is 1.70. The quantitative estimate of drug-likeness (QED) is 0.895. The maximum absolute atomic E-state index is 5.90. The van der Waals surface area contributed by atoms with E-state index in [0.717, 1.165) is 12.2 Å². The molecule has 0 bridgehead atoms. The van der Waals surface area contributed by atoms with E-state index in [4.69, 9.17) is 5.73 Å². The average molecular weight is 262 g/mol. The van der Waals surface area contributed by atoms with E-state index in [2.05, 4.69) is 21.9 Å². The molecule has 0 saturated heterocycles. The van der Waals surface area contributed by atoms with Gasteiger partial charge in [0, 0.05) is 36.4 Å². The van der Waals surface area contributed by atoms with Gasteiger partial charge >= 0.3 is 0 Å². The topological polar surface area (TPSA) is 55.0 Å². The molecule has 0 saturated carbocycles. The molecule has 0 aromatic carbocycles. The van der Waals surface area contributed by atoms with Crippen LogP contribution in [0.25, 0.3) is 0 Å². The third-order valence-corrected chi connectivity index (χ3v) is 4.00. The van der Waals surface area contributed by atoms with Crippen molar-refractivity contribution in [1.82, 2.24) is 14.9 Å². The van der Waals surface area contributed by atoms with Crippen molar-refractivity contribution in [3.63, 3.8) is 0 Å². The molecule has 96 valence electrons. The van der Waals surface area contributed by atoms with E-state index in [1.807, 2.05) is 37.0 Å². The number of likely N-dealkylation sites (N-methyl/N-ethyl adjacent to an activating group) is 1. The number of rotatable bonds is 5. The average Bonchev–Trinajstić information content (AvgIpc) is 2.77. The fourth-order valence-electron chi connectivity index (χ4n) is 1.97. The van der Waals surface area contributed by atoms with Crippen LogP contribution in [0.5, 0.6) is 0 Å². The van der Waals surface area contributed by atoms with Crippen LogP contribution in [0.1, 0.15) is 22.2 Å². The van der Waals surface area contributed by atoms with E-state index >= 15 is 0 Å². The Morgan fingerprint density at radius 2 is 2.11 bits per heavy atom. The summed E-state index contributed by atoms with van der Waals surface area (Å²) in [6, 6.07) is 4.26. The summed E-state index contributed by atoms with van der Waals surface area (Å²) in [6.07, 6.45) is 3.62. The van der Waals surface area contributed by atoms with Gasteiger partial charge in [-0.05, 0) is 31.7 Å². The van der Waals surface area contributed by atoms with E-state index in [-0.39, 0.29) is 6.04 Å². The summed E-state index contributed by atoms with van der Waals surface area (Å²) in [4.78, 5) is 11.9. The molecular weight excluding hydrogens is 244 g/mol. The monoisotopic (exact) mass is 262 g/mol. The first-order valence-electron chi connectivity index (χ1n) is 5.91. The van der Waals surface area contributed by atoms with Crippen LogP contribution in [-0.4, -0.2) is 28.5 Å². The smallest absolute Gasteiger partial charge is 0.0798 e. The molecule has 2 heterocycles. The number of aromatic nitrogens is 2. The van der Waals surface area contributed by atoms with E-state index in [1.165, 1.54) is 10.4 Å². The molecule has 1 unspecified atom stereocenters. The van der Waals surface area contributed by atoms with Gasteiger partial charge in [-0.15, -0.1) is 11.3 Å². The first-order chi connectivity index (χ1) is 8.72. The molecule has 0 radical (unpaired) electrons. The molecule has 0 aliphatic heterocycles.